The van der Waals surface area contributed by atoms with Crippen molar-refractivity contribution in [3.05, 3.63) is 0 Å². The van der Waals surface area contributed by atoms with E-state index in [1.54, 1.807) is 0 Å². The van der Waals surface area contributed by atoms with Crippen LogP contribution in [0.5, 0.6) is 0 Å². The van der Waals surface area contributed by atoms with Gasteiger partial charge in [-0.3, -0.25) is 4.90 Å². The topological polar surface area (TPSA) is 23.5 Å². The van der Waals surface area contributed by atoms with Gasteiger partial charge in [-0.15, -0.1) is 0 Å². The van der Waals surface area contributed by atoms with Crippen molar-refractivity contribution in [2.75, 3.05) is 6.54 Å². The first-order valence-corrected chi connectivity index (χ1v) is 8.12. The molecule has 0 radical (unpaired) electrons. The average molecular weight is 251 g/mol. The molecule has 0 amide bonds. The van der Waals surface area contributed by atoms with Crippen LogP contribution in [-0.2, 0) is 0 Å². The molecule has 1 N–H and O–H groups in total. The van der Waals surface area contributed by atoms with Crippen molar-refractivity contribution in [3.63, 3.8) is 0 Å². The fraction of sp³-hybridized carbons (Fsp3) is 1.00. The lowest BCUT2D eigenvalue weighted by Gasteiger charge is -2.41. The Bertz CT molecular complexity index is 301. The average Bonchev–Trinajstić information content (AvgIpc) is 3.16. The van der Waals surface area contributed by atoms with Gasteiger partial charge in [0.15, 0.2) is 0 Å². The van der Waals surface area contributed by atoms with Gasteiger partial charge in [-0.1, -0.05) is 32.6 Å². The van der Waals surface area contributed by atoms with Crippen LogP contribution in [-0.4, -0.2) is 34.2 Å². The Hall–Kier alpha value is -0.0800. The Morgan fingerprint density at radius 2 is 1.89 bits per heavy atom. The van der Waals surface area contributed by atoms with Gasteiger partial charge < -0.3 is 5.11 Å². The van der Waals surface area contributed by atoms with Gasteiger partial charge in [0.25, 0.3) is 0 Å². The summed E-state index contributed by atoms with van der Waals surface area (Å²) < 4.78 is 0. The zero-order valence-corrected chi connectivity index (χ0v) is 12.1. The fourth-order valence-corrected chi connectivity index (χ4v) is 4.73. The molecule has 3 fully saturated rings. The summed E-state index contributed by atoms with van der Waals surface area (Å²) >= 11 is 0. The largest absolute Gasteiger partial charge is 0.388 e. The Kier molecular flexibility index (Phi) is 3.44. The molecule has 2 heteroatoms. The molecule has 4 atom stereocenters. The molecule has 2 saturated carbocycles. The molecule has 1 heterocycles. The summed E-state index contributed by atoms with van der Waals surface area (Å²) in [7, 11) is 0. The van der Waals surface area contributed by atoms with Gasteiger partial charge >= 0.3 is 0 Å². The van der Waals surface area contributed by atoms with Gasteiger partial charge in [-0.25, -0.2) is 0 Å². The van der Waals surface area contributed by atoms with E-state index in [9.17, 15) is 5.11 Å². The minimum Gasteiger partial charge on any atom is -0.388 e. The van der Waals surface area contributed by atoms with Crippen LogP contribution in [0.2, 0.25) is 0 Å². The summed E-state index contributed by atoms with van der Waals surface area (Å²) in [5.74, 6) is 1.34. The van der Waals surface area contributed by atoms with Crippen LogP contribution in [0.4, 0.5) is 0 Å². The number of hydrogen-bond donors (Lipinski definition) is 1. The van der Waals surface area contributed by atoms with E-state index in [-0.39, 0.29) is 5.60 Å². The third-order valence-electron chi connectivity index (χ3n) is 5.81. The lowest BCUT2D eigenvalue weighted by Crippen LogP contribution is -2.45. The highest BCUT2D eigenvalue weighted by Gasteiger charge is 2.51. The third kappa shape index (κ3) is 2.22. The van der Waals surface area contributed by atoms with Crippen molar-refractivity contribution < 1.29 is 5.11 Å². The normalized spacial score (nSPS) is 46.5. The van der Waals surface area contributed by atoms with Crippen molar-refractivity contribution in [2.45, 2.75) is 82.9 Å². The van der Waals surface area contributed by atoms with Gasteiger partial charge in [-0.2, -0.15) is 0 Å². The second-order valence-corrected chi connectivity index (χ2v) is 7.12. The van der Waals surface area contributed by atoms with Crippen LogP contribution in [0.15, 0.2) is 0 Å². The van der Waals surface area contributed by atoms with E-state index in [1.807, 2.05) is 0 Å². The molecular formula is C16H29NO. The quantitative estimate of drug-likeness (QED) is 0.832. The molecular weight excluding hydrogens is 222 g/mol. The second-order valence-electron chi connectivity index (χ2n) is 7.12. The maximum atomic E-state index is 11.2. The van der Waals surface area contributed by atoms with Crippen molar-refractivity contribution >= 4 is 0 Å². The summed E-state index contributed by atoms with van der Waals surface area (Å²) in [5, 5.41) is 11.2. The summed E-state index contributed by atoms with van der Waals surface area (Å²) in [5.41, 5.74) is -0.372. The van der Waals surface area contributed by atoms with Gasteiger partial charge in [0.1, 0.15) is 0 Å². The minimum atomic E-state index is -0.372. The fourth-order valence-electron chi connectivity index (χ4n) is 4.73. The molecule has 3 rings (SSSR count). The first-order valence-electron chi connectivity index (χ1n) is 8.12. The van der Waals surface area contributed by atoms with Crippen LogP contribution >= 0.6 is 0 Å². The predicted octanol–water partition coefficient (Wildman–Crippen LogP) is 3.19. The zero-order valence-electron chi connectivity index (χ0n) is 12.1. The molecule has 1 aliphatic heterocycles. The number of aliphatic hydroxyl groups is 1. The highest BCUT2D eigenvalue weighted by Crippen LogP contribution is 2.47. The van der Waals surface area contributed by atoms with Crippen molar-refractivity contribution in [2.24, 2.45) is 11.8 Å². The molecule has 0 bridgehead atoms. The number of β-amino-alcohol motifs (C(OH)–C–C–N with tert-alkyl or cyclic N) is 1. The number of rotatable bonds is 3. The summed E-state index contributed by atoms with van der Waals surface area (Å²) in [6.45, 7) is 5.59. The smallest absolute Gasteiger partial charge is 0.0819 e. The zero-order chi connectivity index (χ0) is 12.8. The molecule has 0 spiro atoms. The number of hydrogen-bond acceptors (Lipinski definition) is 2. The van der Waals surface area contributed by atoms with Crippen LogP contribution in [0.3, 0.4) is 0 Å². The minimum absolute atomic E-state index is 0.372. The summed E-state index contributed by atoms with van der Waals surface area (Å²) in [4.78, 5) is 2.60. The summed E-state index contributed by atoms with van der Waals surface area (Å²) in [6.07, 6.45) is 10.3. The lowest BCUT2D eigenvalue weighted by atomic mass is 9.68. The monoisotopic (exact) mass is 251 g/mol. The Morgan fingerprint density at radius 1 is 1.17 bits per heavy atom. The standard InChI is InChI=1S/C16H29NO/c1-3-13-6-4-5-7-15(13)16(18)10-12(2)17(11-16)14-8-9-14/h12-15,18H,3-11H2,1-2H3. The van der Waals surface area contributed by atoms with E-state index in [0.717, 1.165) is 24.9 Å². The van der Waals surface area contributed by atoms with Crippen LogP contribution < -0.4 is 0 Å². The molecule has 18 heavy (non-hydrogen) atoms. The first kappa shape index (κ1) is 12.9. The summed E-state index contributed by atoms with van der Waals surface area (Å²) in [6, 6.07) is 1.40. The lowest BCUT2D eigenvalue weighted by molar-refractivity contribution is -0.0499. The highest BCUT2D eigenvalue weighted by atomic mass is 16.3. The maximum Gasteiger partial charge on any atom is 0.0819 e. The van der Waals surface area contributed by atoms with Crippen molar-refractivity contribution in [1.82, 2.24) is 4.90 Å². The first-order chi connectivity index (χ1) is 8.64. The Labute approximate surface area is 112 Å². The Morgan fingerprint density at radius 3 is 2.56 bits per heavy atom. The molecule has 1 saturated heterocycles. The van der Waals surface area contributed by atoms with E-state index in [4.69, 9.17) is 0 Å². The van der Waals surface area contributed by atoms with Gasteiger partial charge in [0.2, 0.25) is 0 Å². The van der Waals surface area contributed by atoms with Crippen molar-refractivity contribution in [3.8, 4) is 0 Å². The van der Waals surface area contributed by atoms with E-state index in [1.165, 1.54) is 44.9 Å². The molecule has 0 aromatic carbocycles. The SMILES string of the molecule is CCC1CCCCC1C1(O)CC(C)N(C2CC2)C1. The highest BCUT2D eigenvalue weighted by molar-refractivity contribution is 5.05. The van der Waals surface area contributed by atoms with Crippen LogP contribution in [0, 0.1) is 11.8 Å². The van der Waals surface area contributed by atoms with E-state index in [0.29, 0.717) is 12.0 Å². The molecule has 4 unspecified atom stereocenters. The van der Waals surface area contributed by atoms with Crippen LogP contribution in [0.1, 0.15) is 65.2 Å². The molecule has 0 aromatic rings. The van der Waals surface area contributed by atoms with Gasteiger partial charge in [0, 0.05) is 18.6 Å². The Balaban J connectivity index is 1.73. The number of nitrogens with zero attached hydrogens (tertiary/aromatic N) is 1. The van der Waals surface area contributed by atoms with Gasteiger partial charge in [0.05, 0.1) is 5.60 Å². The van der Waals surface area contributed by atoms with E-state index in [2.05, 4.69) is 18.7 Å². The van der Waals surface area contributed by atoms with E-state index < -0.39 is 0 Å². The number of likely N-dealkylation sites (tertiary alicyclic amines) is 1. The van der Waals surface area contributed by atoms with Gasteiger partial charge in [-0.05, 0) is 44.4 Å². The molecule has 0 aromatic heterocycles. The predicted molar refractivity (Wildman–Crippen MR) is 74.5 cm³/mol. The van der Waals surface area contributed by atoms with Crippen molar-refractivity contribution in [1.29, 1.82) is 0 Å². The second kappa shape index (κ2) is 4.79. The molecule has 2 aliphatic carbocycles. The maximum absolute atomic E-state index is 11.2. The van der Waals surface area contributed by atoms with Crippen LogP contribution in [0.25, 0.3) is 0 Å². The van der Waals surface area contributed by atoms with E-state index >= 15 is 0 Å². The molecule has 104 valence electrons. The molecule has 2 nitrogen and oxygen atoms in total. The third-order valence-corrected chi connectivity index (χ3v) is 5.81. The molecule has 3 aliphatic rings.